The second kappa shape index (κ2) is 9.49. The SMILES string of the molecule is CC(C)(C)C(NC(=O)C(F)(F)F)C(=O)NC(CC1CC1)C(=O)NC(C#N)C1CC2CCC1O2. The zero-order valence-electron chi connectivity index (χ0n) is 19.0. The number of carbonyl (C=O) groups is 3. The Labute approximate surface area is 191 Å². The Balaban J connectivity index is 1.69. The van der Waals surface area contributed by atoms with Crippen molar-refractivity contribution in [2.24, 2.45) is 17.3 Å². The summed E-state index contributed by atoms with van der Waals surface area (Å²) in [6, 6.07) is -1.19. The zero-order valence-corrected chi connectivity index (χ0v) is 19.0. The van der Waals surface area contributed by atoms with Gasteiger partial charge in [0.2, 0.25) is 11.8 Å². The molecule has 1 aliphatic carbocycles. The summed E-state index contributed by atoms with van der Waals surface area (Å²) in [5.74, 6) is -3.58. The number of nitrogens with zero attached hydrogens (tertiary/aromatic N) is 1. The molecule has 2 saturated heterocycles. The fraction of sp³-hybridized carbons (Fsp3) is 0.818. The number of hydrogen-bond donors (Lipinski definition) is 3. The van der Waals surface area contributed by atoms with E-state index < -0.39 is 47.4 Å². The number of rotatable bonds is 8. The van der Waals surface area contributed by atoms with Gasteiger partial charge in [0.1, 0.15) is 18.1 Å². The van der Waals surface area contributed by atoms with Gasteiger partial charge < -0.3 is 20.7 Å². The first-order chi connectivity index (χ1) is 15.3. The molecule has 1 saturated carbocycles. The van der Waals surface area contributed by atoms with E-state index in [-0.39, 0.29) is 24.0 Å². The van der Waals surface area contributed by atoms with Crippen LogP contribution in [0.4, 0.5) is 13.2 Å². The number of ether oxygens (including phenoxy) is 1. The predicted octanol–water partition coefficient (Wildman–Crippen LogP) is 1.94. The average Bonchev–Trinajstić information content (AvgIpc) is 3.27. The van der Waals surface area contributed by atoms with Crippen molar-refractivity contribution in [2.45, 2.75) is 95.8 Å². The molecule has 2 bridgehead atoms. The molecule has 3 rings (SSSR count). The minimum Gasteiger partial charge on any atom is -0.375 e. The molecule has 2 heterocycles. The smallest absolute Gasteiger partial charge is 0.375 e. The van der Waals surface area contributed by atoms with Crippen LogP contribution in [0.25, 0.3) is 0 Å². The third-order valence-electron chi connectivity index (χ3n) is 6.58. The summed E-state index contributed by atoms with van der Waals surface area (Å²) in [6.45, 7) is 4.56. The van der Waals surface area contributed by atoms with Crippen LogP contribution in [0, 0.1) is 28.6 Å². The van der Waals surface area contributed by atoms with Gasteiger partial charge in [0, 0.05) is 5.92 Å². The van der Waals surface area contributed by atoms with Crippen LogP contribution < -0.4 is 16.0 Å². The standard InChI is InChI=1S/C22H31F3N4O4/c1-21(2,3)17(29-20(32)22(23,24)25)19(31)27-14(8-11-4-5-11)18(30)28-15(10-26)13-9-12-6-7-16(13)33-12/h11-17H,4-9H2,1-3H3,(H,27,31)(H,28,30)(H,29,32). The molecule has 0 aromatic heterocycles. The summed E-state index contributed by atoms with van der Waals surface area (Å²) in [6.07, 6.45) is -0.602. The topological polar surface area (TPSA) is 120 Å². The number of alkyl halides is 3. The number of halogens is 3. The van der Waals surface area contributed by atoms with Gasteiger partial charge in [-0.1, -0.05) is 33.6 Å². The maximum Gasteiger partial charge on any atom is 0.471 e. The van der Waals surface area contributed by atoms with E-state index >= 15 is 0 Å². The van der Waals surface area contributed by atoms with Crippen molar-refractivity contribution in [1.29, 1.82) is 5.26 Å². The number of amides is 3. The summed E-state index contributed by atoms with van der Waals surface area (Å²) in [4.78, 5) is 37.5. The van der Waals surface area contributed by atoms with E-state index in [1.54, 1.807) is 5.32 Å². The van der Waals surface area contributed by atoms with E-state index in [9.17, 15) is 32.8 Å². The molecule has 3 fully saturated rings. The highest BCUT2D eigenvalue weighted by Crippen LogP contribution is 2.40. The molecule has 0 radical (unpaired) electrons. The maximum atomic E-state index is 13.0. The predicted molar refractivity (Wildman–Crippen MR) is 110 cm³/mol. The van der Waals surface area contributed by atoms with E-state index in [4.69, 9.17) is 4.74 Å². The Kier molecular flexibility index (Phi) is 7.27. The highest BCUT2D eigenvalue weighted by atomic mass is 19.4. The minimum atomic E-state index is -5.14. The number of carbonyl (C=O) groups excluding carboxylic acids is 3. The molecule has 33 heavy (non-hydrogen) atoms. The van der Waals surface area contributed by atoms with Gasteiger partial charge in [-0.3, -0.25) is 14.4 Å². The van der Waals surface area contributed by atoms with Crippen LogP contribution in [-0.2, 0) is 19.1 Å². The molecule has 0 spiro atoms. The zero-order chi connectivity index (χ0) is 24.6. The van der Waals surface area contributed by atoms with Gasteiger partial charge >= 0.3 is 12.1 Å². The van der Waals surface area contributed by atoms with Gasteiger partial charge in [-0.25, -0.2) is 0 Å². The minimum absolute atomic E-state index is 0.0840. The molecule has 6 unspecified atom stereocenters. The fourth-order valence-electron chi connectivity index (χ4n) is 4.58. The molecule has 2 aliphatic heterocycles. The molecule has 184 valence electrons. The normalized spacial score (nSPS) is 27.2. The molecule has 0 aromatic rings. The first-order valence-electron chi connectivity index (χ1n) is 11.3. The van der Waals surface area contributed by atoms with Gasteiger partial charge in [0.15, 0.2) is 0 Å². The first kappa shape index (κ1) is 25.3. The van der Waals surface area contributed by atoms with Gasteiger partial charge in [-0.2, -0.15) is 18.4 Å². The number of fused-ring (bicyclic) bond motifs is 2. The highest BCUT2D eigenvalue weighted by molar-refractivity contribution is 5.93. The lowest BCUT2D eigenvalue weighted by molar-refractivity contribution is -0.175. The Hall–Kier alpha value is -2.35. The van der Waals surface area contributed by atoms with Crippen LogP contribution in [0.15, 0.2) is 0 Å². The molecule has 8 nitrogen and oxygen atoms in total. The maximum absolute atomic E-state index is 13.0. The van der Waals surface area contributed by atoms with Gasteiger partial charge in [-0.15, -0.1) is 0 Å². The lowest BCUT2D eigenvalue weighted by Crippen LogP contribution is -2.60. The molecule has 6 atom stereocenters. The van der Waals surface area contributed by atoms with Crippen molar-refractivity contribution >= 4 is 17.7 Å². The van der Waals surface area contributed by atoms with Crippen LogP contribution in [0.2, 0.25) is 0 Å². The van der Waals surface area contributed by atoms with Crippen LogP contribution in [0.5, 0.6) is 0 Å². The molecule has 3 amide bonds. The van der Waals surface area contributed by atoms with E-state index in [1.807, 2.05) is 0 Å². The lowest BCUT2D eigenvalue weighted by atomic mass is 9.84. The van der Waals surface area contributed by atoms with Gasteiger partial charge in [0.25, 0.3) is 0 Å². The third-order valence-corrected chi connectivity index (χ3v) is 6.58. The summed E-state index contributed by atoms with van der Waals surface area (Å²) in [5, 5.41) is 16.6. The second-order valence-corrected chi connectivity index (χ2v) is 10.4. The van der Waals surface area contributed by atoms with Crippen molar-refractivity contribution in [2.75, 3.05) is 0 Å². The van der Waals surface area contributed by atoms with E-state index in [1.165, 1.54) is 20.8 Å². The lowest BCUT2D eigenvalue weighted by Gasteiger charge is -2.32. The monoisotopic (exact) mass is 472 g/mol. The highest BCUT2D eigenvalue weighted by Gasteiger charge is 2.47. The first-order valence-corrected chi connectivity index (χ1v) is 11.3. The van der Waals surface area contributed by atoms with Crippen LogP contribution in [0.1, 0.15) is 59.3 Å². The quantitative estimate of drug-likeness (QED) is 0.499. The third kappa shape index (κ3) is 6.37. The second-order valence-electron chi connectivity index (χ2n) is 10.4. The van der Waals surface area contributed by atoms with Crippen molar-refractivity contribution in [3.63, 3.8) is 0 Å². The molecular weight excluding hydrogens is 441 g/mol. The van der Waals surface area contributed by atoms with E-state index in [0.717, 1.165) is 25.7 Å². The van der Waals surface area contributed by atoms with Crippen molar-refractivity contribution in [3.8, 4) is 6.07 Å². The molecule has 0 aromatic carbocycles. The average molecular weight is 473 g/mol. The largest absolute Gasteiger partial charge is 0.471 e. The summed E-state index contributed by atoms with van der Waals surface area (Å²) >= 11 is 0. The van der Waals surface area contributed by atoms with Crippen LogP contribution in [-0.4, -0.2) is 54.2 Å². The van der Waals surface area contributed by atoms with Crippen molar-refractivity contribution in [3.05, 3.63) is 0 Å². The summed E-state index contributed by atoms with van der Waals surface area (Å²) in [5.41, 5.74) is -1.04. The number of nitrogens with one attached hydrogen (secondary N) is 3. The van der Waals surface area contributed by atoms with E-state index in [2.05, 4.69) is 16.7 Å². The molecular formula is C22H31F3N4O4. The fourth-order valence-corrected chi connectivity index (χ4v) is 4.58. The number of hydrogen-bond acceptors (Lipinski definition) is 5. The Morgan fingerprint density at radius 1 is 1.03 bits per heavy atom. The molecule has 3 aliphatic rings. The molecule has 3 N–H and O–H groups in total. The Morgan fingerprint density at radius 2 is 1.70 bits per heavy atom. The Morgan fingerprint density at radius 3 is 2.15 bits per heavy atom. The Bertz CT molecular complexity index is 816. The van der Waals surface area contributed by atoms with Crippen molar-refractivity contribution < 1.29 is 32.3 Å². The van der Waals surface area contributed by atoms with Crippen LogP contribution in [0.3, 0.4) is 0 Å². The van der Waals surface area contributed by atoms with Gasteiger partial charge in [-0.05, 0) is 37.0 Å². The van der Waals surface area contributed by atoms with Gasteiger partial charge in [0.05, 0.1) is 18.3 Å². The van der Waals surface area contributed by atoms with E-state index in [0.29, 0.717) is 12.8 Å². The van der Waals surface area contributed by atoms with Crippen LogP contribution >= 0.6 is 0 Å². The summed E-state index contributed by atoms with van der Waals surface area (Å²) in [7, 11) is 0. The summed E-state index contributed by atoms with van der Waals surface area (Å²) < 4.78 is 44.1. The van der Waals surface area contributed by atoms with Crippen molar-refractivity contribution in [1.82, 2.24) is 16.0 Å². The molecule has 11 heteroatoms. The number of nitriles is 1.